The summed E-state index contributed by atoms with van der Waals surface area (Å²) in [6.45, 7) is 28.7. The van der Waals surface area contributed by atoms with Gasteiger partial charge in [0.2, 0.25) is 0 Å². The zero-order valence-electron chi connectivity index (χ0n) is 39.9. The predicted molar refractivity (Wildman–Crippen MR) is 238 cm³/mol. The van der Waals surface area contributed by atoms with E-state index >= 15 is 0 Å². The van der Waals surface area contributed by atoms with Gasteiger partial charge < -0.3 is 25.2 Å². The maximum atomic E-state index is 13.7. The number of fused-ring (bicyclic) bond motifs is 7. The molecule has 7 rings (SSSR count). The van der Waals surface area contributed by atoms with Crippen molar-refractivity contribution in [1.82, 2.24) is 15.5 Å². The van der Waals surface area contributed by atoms with Crippen LogP contribution in [0.25, 0.3) is 0 Å². The van der Waals surface area contributed by atoms with Crippen LogP contribution in [0, 0.1) is 74.4 Å². The van der Waals surface area contributed by atoms with Crippen LogP contribution in [0.5, 0.6) is 0 Å². The number of rotatable bonds is 11. The van der Waals surface area contributed by atoms with E-state index in [2.05, 4.69) is 64.0 Å². The minimum atomic E-state index is -3.06. The second-order valence-electron chi connectivity index (χ2n) is 24.1. The third-order valence-corrected chi connectivity index (χ3v) is 21.8. The normalized spacial score (nSPS) is 43.4. The zero-order valence-corrected chi connectivity index (χ0v) is 40.7. The van der Waals surface area contributed by atoms with Crippen LogP contribution in [0.1, 0.15) is 154 Å². The molecule has 11 nitrogen and oxygen atoms in total. The van der Waals surface area contributed by atoms with Crippen LogP contribution in [0.3, 0.4) is 0 Å². The lowest BCUT2D eigenvalue weighted by Gasteiger charge is -2.73. The number of hydrogen-bond donors (Lipinski definition) is 3. The number of sulfone groups is 1. The minimum absolute atomic E-state index is 0.00883. The molecule has 348 valence electrons. The van der Waals surface area contributed by atoms with Crippen LogP contribution >= 0.6 is 0 Å². The highest BCUT2D eigenvalue weighted by atomic mass is 32.2. The summed E-state index contributed by atoms with van der Waals surface area (Å²) in [6, 6.07) is -0.298. The van der Waals surface area contributed by atoms with Crippen molar-refractivity contribution in [3.05, 3.63) is 0 Å². The van der Waals surface area contributed by atoms with Crippen molar-refractivity contribution in [2.75, 3.05) is 31.1 Å². The number of ether oxygens (including phenoxy) is 2. The van der Waals surface area contributed by atoms with Gasteiger partial charge in [-0.05, 0) is 149 Å². The fourth-order valence-corrected chi connectivity index (χ4v) is 17.6. The number of nitrogens with one attached hydrogen (secondary N) is 2. The molecule has 0 unspecified atom stereocenters. The van der Waals surface area contributed by atoms with Crippen molar-refractivity contribution in [2.45, 2.75) is 184 Å². The van der Waals surface area contributed by atoms with E-state index in [0.29, 0.717) is 61.6 Å². The highest BCUT2D eigenvalue weighted by Crippen LogP contribution is 2.76. The van der Waals surface area contributed by atoms with E-state index in [1.165, 1.54) is 32.1 Å². The second-order valence-corrected chi connectivity index (χ2v) is 26.4. The smallest absolute Gasteiger partial charge is 0.407 e. The monoisotopic (exact) mass is 874 g/mol. The number of hydrogen-bond acceptors (Lipinski definition) is 9. The Kier molecular flexibility index (Phi) is 12.5. The van der Waals surface area contributed by atoms with Crippen LogP contribution < -0.4 is 10.6 Å². The Morgan fingerprint density at radius 1 is 0.770 bits per heavy atom. The molecule has 7 aliphatic rings. The van der Waals surface area contributed by atoms with E-state index in [9.17, 15) is 27.9 Å². The van der Waals surface area contributed by atoms with E-state index < -0.39 is 33.2 Å². The molecule has 0 bridgehead atoms. The number of carbonyl (C=O) groups excluding carboxylic acids is 2. The summed E-state index contributed by atoms with van der Waals surface area (Å²) in [6.07, 6.45) is 10.9. The molecule has 0 aromatic heterocycles. The molecule has 12 heteroatoms. The Morgan fingerprint density at radius 3 is 2.05 bits per heavy atom. The van der Waals surface area contributed by atoms with Crippen molar-refractivity contribution in [3.63, 3.8) is 0 Å². The van der Waals surface area contributed by atoms with Gasteiger partial charge in [0.15, 0.2) is 9.84 Å². The quantitative estimate of drug-likeness (QED) is 0.173. The number of carboxylic acid groups (broad SMARTS) is 1. The molecular formula is C49H83N3O8S. The van der Waals surface area contributed by atoms with Crippen molar-refractivity contribution >= 4 is 27.9 Å². The lowest BCUT2D eigenvalue weighted by molar-refractivity contribution is -0.249. The van der Waals surface area contributed by atoms with Crippen LogP contribution in [-0.2, 0) is 28.9 Å². The second kappa shape index (κ2) is 16.2. The first-order valence-corrected chi connectivity index (χ1v) is 26.2. The van der Waals surface area contributed by atoms with Crippen molar-refractivity contribution in [2.24, 2.45) is 74.4 Å². The highest BCUT2D eigenvalue weighted by molar-refractivity contribution is 7.91. The molecule has 14 atom stereocenters. The third-order valence-electron chi connectivity index (χ3n) is 20.2. The number of aliphatic carboxylic acids is 1. The van der Waals surface area contributed by atoms with Crippen LogP contribution in [0.4, 0.5) is 4.79 Å². The van der Waals surface area contributed by atoms with Crippen LogP contribution in [0.15, 0.2) is 0 Å². The Morgan fingerprint density at radius 2 is 1.44 bits per heavy atom. The number of esters is 1. The minimum Gasteiger partial charge on any atom is -0.481 e. The molecule has 1 aliphatic heterocycles. The Balaban J connectivity index is 1.11. The van der Waals surface area contributed by atoms with Crippen molar-refractivity contribution < 1.29 is 37.4 Å². The van der Waals surface area contributed by atoms with E-state index in [1.54, 1.807) is 0 Å². The molecule has 7 fully saturated rings. The SMILES string of the molecule is CC(C)OC(=O)N[C@H](C)[C@@H](CN[C@]12CC[C@@H](C(C)C)[C@@H]1[C@H]1CC[C@@H]3[C@@]4(C)CC[C@H](OC(=O)[C@H]5C[C@@H](C(=O)O)C5(C)C)C(C)(C)[C@@H]4CC[C@@]3(C)[C@]1(C)CC2)N1CCS(=O)(=O)CC1. The first-order chi connectivity index (χ1) is 28.2. The van der Waals surface area contributed by atoms with Gasteiger partial charge in [-0.15, -0.1) is 0 Å². The predicted octanol–water partition coefficient (Wildman–Crippen LogP) is 8.35. The molecule has 1 heterocycles. The number of nitrogens with zero attached hydrogens (tertiary/aromatic N) is 1. The summed E-state index contributed by atoms with van der Waals surface area (Å²) in [7, 11) is -3.06. The molecule has 1 saturated heterocycles. The van der Waals surface area contributed by atoms with Crippen molar-refractivity contribution in [1.29, 1.82) is 0 Å². The summed E-state index contributed by atoms with van der Waals surface area (Å²) < 4.78 is 37.0. The van der Waals surface area contributed by atoms with Gasteiger partial charge in [0.1, 0.15) is 6.10 Å². The van der Waals surface area contributed by atoms with E-state index in [4.69, 9.17) is 9.47 Å². The lowest BCUT2D eigenvalue weighted by atomic mass is 9.32. The highest BCUT2D eigenvalue weighted by Gasteiger charge is 2.71. The van der Waals surface area contributed by atoms with Gasteiger partial charge in [-0.25, -0.2) is 13.2 Å². The first-order valence-electron chi connectivity index (χ1n) is 24.3. The molecule has 1 amide bonds. The van der Waals surface area contributed by atoms with Crippen LogP contribution in [0.2, 0.25) is 0 Å². The maximum absolute atomic E-state index is 13.7. The Bertz CT molecular complexity index is 1790. The number of alkyl carbamates (subject to hydrolysis) is 1. The van der Waals surface area contributed by atoms with Gasteiger partial charge in [-0.2, -0.15) is 0 Å². The van der Waals surface area contributed by atoms with Gasteiger partial charge in [-0.3, -0.25) is 14.5 Å². The molecular weight excluding hydrogens is 791 g/mol. The van der Waals surface area contributed by atoms with Gasteiger partial charge in [0.25, 0.3) is 0 Å². The summed E-state index contributed by atoms with van der Waals surface area (Å²) in [5.41, 5.74) is -0.310. The fourth-order valence-electron chi connectivity index (χ4n) is 16.4. The molecule has 0 spiro atoms. The van der Waals surface area contributed by atoms with E-state index in [1.807, 2.05) is 34.6 Å². The van der Waals surface area contributed by atoms with Gasteiger partial charge >= 0.3 is 18.0 Å². The zero-order chi connectivity index (χ0) is 44.9. The Hall–Kier alpha value is -1.92. The van der Waals surface area contributed by atoms with Gasteiger partial charge in [0, 0.05) is 42.7 Å². The maximum Gasteiger partial charge on any atom is 0.407 e. The fraction of sp³-hybridized carbons (Fsp3) is 0.939. The van der Waals surface area contributed by atoms with Crippen molar-refractivity contribution in [3.8, 4) is 0 Å². The molecule has 6 saturated carbocycles. The average molecular weight is 874 g/mol. The lowest BCUT2D eigenvalue weighted by Crippen LogP contribution is -2.69. The molecule has 61 heavy (non-hydrogen) atoms. The third kappa shape index (κ3) is 7.79. The molecule has 3 N–H and O–H groups in total. The number of amides is 1. The number of carbonyl (C=O) groups is 3. The Labute approximate surface area is 368 Å². The molecule has 0 aromatic rings. The average Bonchev–Trinajstić information content (AvgIpc) is 3.53. The molecule has 0 radical (unpaired) electrons. The summed E-state index contributed by atoms with van der Waals surface area (Å²) in [5.74, 6) is 1.71. The van der Waals surface area contributed by atoms with Crippen LogP contribution in [-0.4, -0.2) is 97.4 Å². The summed E-state index contributed by atoms with van der Waals surface area (Å²) in [5, 5.41) is 17.1. The van der Waals surface area contributed by atoms with Gasteiger partial charge in [0.05, 0.1) is 29.4 Å². The number of carboxylic acids is 1. The molecule has 0 aromatic carbocycles. The van der Waals surface area contributed by atoms with Gasteiger partial charge in [-0.1, -0.05) is 62.3 Å². The van der Waals surface area contributed by atoms with E-state index in [0.717, 1.165) is 32.1 Å². The topological polar surface area (TPSA) is 151 Å². The summed E-state index contributed by atoms with van der Waals surface area (Å²) >= 11 is 0. The first kappa shape index (κ1) is 47.1. The van der Waals surface area contributed by atoms with E-state index in [-0.39, 0.29) is 74.9 Å². The standard InChI is InChI=1S/C49H83N3O8S/c1-29(2)32-15-20-49(50-28-36(31(5)51-43(56)59-30(3)4)52-23-25-61(57,58)26-24-52)22-21-47(11)33(40(32)49)13-14-38-46(10)18-17-39(45(8,9)37(46)16-19-48(38,47)12)60-42(55)35-27-34(41(53)54)44(35,6)7/h29-40,50H,13-28H2,1-12H3,(H,51,56)(H,53,54)/t31-,32+,33-,34+,35-,36-,37+,38-,39+,40-,46+,47-,48-,49+/m1/s1. The molecule has 6 aliphatic carbocycles. The summed E-state index contributed by atoms with van der Waals surface area (Å²) in [4.78, 5) is 40.7. The largest absolute Gasteiger partial charge is 0.481 e.